The number of benzene rings is 3. The highest BCUT2D eigenvalue weighted by atomic mass is 32.3. The molecule has 40 heavy (non-hydrogen) atoms. The lowest BCUT2D eigenvalue weighted by molar-refractivity contribution is 0.378. The van der Waals surface area contributed by atoms with E-state index in [0.29, 0.717) is 0 Å². The molecule has 0 amide bonds. The zero-order valence-electron chi connectivity index (χ0n) is 21.0. The Kier molecular flexibility index (Phi) is 15.8. The highest BCUT2D eigenvalue weighted by molar-refractivity contribution is 7.80. The van der Waals surface area contributed by atoms with Gasteiger partial charge >= 0.3 is 31.2 Å². The highest BCUT2D eigenvalue weighted by Gasteiger charge is 2.17. The van der Waals surface area contributed by atoms with E-state index in [2.05, 4.69) is 36.4 Å². The fourth-order valence-electron chi connectivity index (χ4n) is 2.64. The first-order valence-corrected chi connectivity index (χ1v) is 15.6. The second-order valence-electron chi connectivity index (χ2n) is 6.77. The van der Waals surface area contributed by atoms with Gasteiger partial charge in [0.05, 0.1) is 21.3 Å². The van der Waals surface area contributed by atoms with Crippen LogP contribution in [0.4, 0.5) is 0 Å². The molecule has 0 saturated carbocycles. The van der Waals surface area contributed by atoms with E-state index in [9.17, 15) is 0 Å². The van der Waals surface area contributed by atoms with Gasteiger partial charge < -0.3 is 14.2 Å². The molecule has 0 atom stereocenters. The summed E-state index contributed by atoms with van der Waals surface area (Å²) < 4.78 is 111. The molecule has 3 aromatic rings. The number of hydrogen-bond donors (Lipinski definition) is 6. The summed E-state index contributed by atoms with van der Waals surface area (Å²) in [5, 5.41) is 3.81. The van der Waals surface area contributed by atoms with Crippen molar-refractivity contribution in [3.8, 4) is 17.2 Å². The Labute approximate surface area is 232 Å². The van der Waals surface area contributed by atoms with Crippen LogP contribution in [0.3, 0.4) is 0 Å². The van der Waals surface area contributed by atoms with E-state index in [4.69, 9.17) is 66.8 Å². The van der Waals surface area contributed by atoms with Gasteiger partial charge in [-0.25, -0.2) is 0 Å². The average molecular weight is 647 g/mol. The molecule has 0 aliphatic carbocycles. The largest absolute Gasteiger partial charge is 0.497 e. The van der Waals surface area contributed by atoms with Crippen LogP contribution in [0.25, 0.3) is 0 Å². The maximum absolute atomic E-state index is 8.74. The van der Waals surface area contributed by atoms with Gasteiger partial charge in [-0.1, -0.05) is 36.4 Å². The predicted octanol–water partition coefficient (Wildman–Crippen LogP) is 1.51. The molecule has 6 N–H and O–H groups in total. The van der Waals surface area contributed by atoms with E-state index in [1.165, 1.54) is 15.9 Å². The van der Waals surface area contributed by atoms with Gasteiger partial charge in [-0.05, 0) is 60.2 Å². The normalized spacial score (nSPS) is 10.9. The first-order chi connectivity index (χ1) is 18.2. The van der Waals surface area contributed by atoms with Crippen molar-refractivity contribution in [3.63, 3.8) is 0 Å². The van der Waals surface area contributed by atoms with Crippen molar-refractivity contribution >= 4 is 55.0 Å². The van der Waals surface area contributed by atoms with Gasteiger partial charge in [0, 0.05) is 0 Å². The van der Waals surface area contributed by atoms with Crippen molar-refractivity contribution in [2.45, 2.75) is 0 Å². The zero-order valence-corrected chi connectivity index (χ0v) is 24.3. The average Bonchev–Trinajstić information content (AvgIpc) is 2.82. The topological polar surface area (TPSA) is 251 Å². The number of hydrogen-bond acceptors (Lipinski definition) is 9. The van der Waals surface area contributed by atoms with Crippen LogP contribution < -0.4 is 30.1 Å². The fourth-order valence-corrected chi connectivity index (χ4v) is 4.88. The third-order valence-corrected chi connectivity index (χ3v) is 6.44. The Morgan fingerprint density at radius 3 is 0.700 bits per heavy atom. The molecular formula is C21H27O15PS3. The van der Waals surface area contributed by atoms with Crippen molar-refractivity contribution in [1.29, 1.82) is 0 Å². The van der Waals surface area contributed by atoms with E-state index in [0.717, 1.165) is 17.2 Å². The lowest BCUT2D eigenvalue weighted by Gasteiger charge is -2.20. The Morgan fingerprint density at radius 1 is 0.425 bits per heavy atom. The molecule has 3 rings (SSSR count). The molecule has 0 aliphatic rings. The Bertz CT molecular complexity index is 1270. The maximum atomic E-state index is 8.74. The summed E-state index contributed by atoms with van der Waals surface area (Å²) in [6, 6.07) is 24.9. The molecule has 0 saturated heterocycles. The van der Waals surface area contributed by atoms with Gasteiger partial charge in [0.15, 0.2) is 0 Å². The van der Waals surface area contributed by atoms with Gasteiger partial charge in [-0.3, -0.25) is 27.3 Å². The van der Waals surface area contributed by atoms with Gasteiger partial charge in [-0.2, -0.15) is 25.3 Å². The summed E-state index contributed by atoms with van der Waals surface area (Å²) in [5.74, 6) is 2.59. The molecule has 15 nitrogen and oxygen atoms in total. The van der Waals surface area contributed by atoms with Crippen molar-refractivity contribution in [3.05, 3.63) is 72.8 Å². The molecule has 0 unspecified atom stereocenters. The zero-order chi connectivity index (χ0) is 31.1. The molecule has 3 aromatic carbocycles. The highest BCUT2D eigenvalue weighted by Crippen LogP contribution is 2.34. The first kappa shape index (κ1) is 37.1. The quantitative estimate of drug-likeness (QED) is 0.164. The van der Waals surface area contributed by atoms with Crippen LogP contribution in [0.15, 0.2) is 72.8 Å². The predicted molar refractivity (Wildman–Crippen MR) is 147 cm³/mol. The summed E-state index contributed by atoms with van der Waals surface area (Å²) in [7, 11) is -9.61. The SMILES string of the molecule is COc1ccc(P(c2ccc(OC)cc2)c2ccc(OC)cc2)cc1.O=S(=O)(O)O.O=S(=O)(O)O.O=S(=O)(O)O. The molecule has 0 heterocycles. The second kappa shape index (κ2) is 17.0. The van der Waals surface area contributed by atoms with E-state index < -0.39 is 39.1 Å². The third-order valence-electron chi connectivity index (χ3n) is 3.99. The van der Waals surface area contributed by atoms with Crippen LogP contribution in [0.1, 0.15) is 0 Å². The second-order valence-corrected chi connectivity index (χ2v) is 11.7. The van der Waals surface area contributed by atoms with E-state index in [-0.39, 0.29) is 0 Å². The minimum atomic E-state index is -4.67. The minimum Gasteiger partial charge on any atom is -0.497 e. The molecular weight excluding hydrogens is 619 g/mol. The Balaban J connectivity index is 0.000000836. The molecule has 0 fully saturated rings. The number of ether oxygens (including phenoxy) is 3. The van der Waals surface area contributed by atoms with Crippen molar-refractivity contribution in [2.75, 3.05) is 21.3 Å². The molecule has 224 valence electrons. The summed E-state index contributed by atoms with van der Waals surface area (Å²) in [5.41, 5.74) is 0. The van der Waals surface area contributed by atoms with Gasteiger partial charge in [-0.15, -0.1) is 0 Å². The maximum Gasteiger partial charge on any atom is 0.394 e. The molecule has 0 aliphatic heterocycles. The summed E-state index contributed by atoms with van der Waals surface area (Å²) in [6.45, 7) is 0. The molecule has 0 spiro atoms. The summed E-state index contributed by atoms with van der Waals surface area (Å²) in [4.78, 5) is 0. The van der Waals surface area contributed by atoms with E-state index in [1.807, 2.05) is 36.4 Å². The summed E-state index contributed by atoms with van der Waals surface area (Å²) in [6.07, 6.45) is 0. The van der Waals surface area contributed by atoms with E-state index in [1.54, 1.807) is 21.3 Å². The molecule has 0 bridgehead atoms. The van der Waals surface area contributed by atoms with Crippen LogP contribution in [0, 0.1) is 0 Å². The van der Waals surface area contributed by atoms with E-state index >= 15 is 0 Å². The monoisotopic (exact) mass is 646 g/mol. The molecule has 19 heteroatoms. The summed E-state index contributed by atoms with van der Waals surface area (Å²) >= 11 is 0. The number of rotatable bonds is 6. The van der Waals surface area contributed by atoms with Crippen molar-refractivity contribution in [2.24, 2.45) is 0 Å². The molecule has 0 aromatic heterocycles. The first-order valence-electron chi connectivity index (χ1n) is 10.1. The van der Waals surface area contributed by atoms with Crippen LogP contribution >= 0.6 is 7.92 Å². The van der Waals surface area contributed by atoms with Crippen LogP contribution in [-0.4, -0.2) is 73.9 Å². The van der Waals surface area contributed by atoms with Crippen LogP contribution in [0.5, 0.6) is 17.2 Å². The minimum absolute atomic E-state index is 0.665. The lowest BCUT2D eigenvalue weighted by Crippen LogP contribution is -2.20. The van der Waals surface area contributed by atoms with Crippen molar-refractivity contribution in [1.82, 2.24) is 0 Å². The molecule has 0 radical (unpaired) electrons. The van der Waals surface area contributed by atoms with Gasteiger partial charge in [0.1, 0.15) is 17.2 Å². The third kappa shape index (κ3) is 20.1. The van der Waals surface area contributed by atoms with Crippen LogP contribution in [-0.2, 0) is 31.2 Å². The van der Waals surface area contributed by atoms with Gasteiger partial charge in [0.2, 0.25) is 0 Å². The Hall–Kier alpha value is -2.90. The smallest absolute Gasteiger partial charge is 0.394 e. The van der Waals surface area contributed by atoms with Crippen LogP contribution in [0.2, 0.25) is 0 Å². The van der Waals surface area contributed by atoms with Gasteiger partial charge in [0.25, 0.3) is 0 Å². The lowest BCUT2D eigenvalue weighted by atomic mass is 10.3. The number of methoxy groups -OCH3 is 3. The standard InChI is InChI=1S/C21H21O3P.3H2O4S/c1-22-16-4-10-19(11-5-16)25(20-12-6-17(23-2)7-13-20)21-14-8-18(24-3)9-15-21;3*1-5(2,3)4/h4-15H,1-3H3;3*(H2,1,2,3,4). The Morgan fingerprint density at radius 2 is 0.575 bits per heavy atom. The fraction of sp³-hybridized carbons (Fsp3) is 0.143. The van der Waals surface area contributed by atoms with Crippen molar-refractivity contribution < 1.29 is 66.8 Å².